The van der Waals surface area contributed by atoms with Crippen LogP contribution in [-0.2, 0) is 4.79 Å². The zero-order chi connectivity index (χ0) is 19.2. The molecule has 0 spiro atoms. The van der Waals surface area contributed by atoms with Crippen molar-refractivity contribution in [1.29, 1.82) is 0 Å². The monoisotopic (exact) mass is 360 g/mol. The smallest absolute Gasteiger partial charge is 0.178 e. The van der Waals surface area contributed by atoms with Gasteiger partial charge < -0.3 is 0 Å². The van der Waals surface area contributed by atoms with Crippen LogP contribution in [-0.4, -0.2) is 5.78 Å². The van der Waals surface area contributed by atoms with Crippen molar-refractivity contribution in [2.45, 2.75) is 0 Å². The van der Waals surface area contributed by atoms with Crippen molar-refractivity contribution >= 4 is 28.7 Å². The Hall–Kier alpha value is -3.71. The molecule has 0 N–H and O–H groups in total. The lowest BCUT2D eigenvalue weighted by molar-refractivity contribution is -0.110. The molecule has 0 saturated carbocycles. The Balaban J connectivity index is 1.58. The van der Waals surface area contributed by atoms with Gasteiger partial charge in [-0.2, -0.15) is 0 Å². The van der Waals surface area contributed by atoms with Gasteiger partial charge >= 0.3 is 0 Å². The van der Waals surface area contributed by atoms with E-state index in [1.807, 2.05) is 66.8 Å². The molecule has 28 heavy (non-hydrogen) atoms. The first-order valence-electron chi connectivity index (χ1n) is 9.34. The van der Waals surface area contributed by atoms with Gasteiger partial charge in [0.15, 0.2) is 5.78 Å². The van der Waals surface area contributed by atoms with Crippen molar-refractivity contribution in [3.8, 4) is 11.1 Å². The molecule has 0 heterocycles. The Bertz CT molecular complexity index is 1160. The summed E-state index contributed by atoms with van der Waals surface area (Å²) in [7, 11) is 0. The molecule has 0 aromatic heterocycles. The van der Waals surface area contributed by atoms with Gasteiger partial charge in [-0.15, -0.1) is 0 Å². The molecular weight excluding hydrogens is 340 g/mol. The van der Waals surface area contributed by atoms with Crippen LogP contribution in [0.25, 0.3) is 34.1 Å². The lowest BCUT2D eigenvalue weighted by atomic mass is 10.1. The first kappa shape index (κ1) is 17.7. The number of fused-ring (bicyclic) bond motifs is 3. The first-order chi connectivity index (χ1) is 13.8. The molecule has 0 saturated heterocycles. The topological polar surface area (TPSA) is 17.1 Å². The van der Waals surface area contributed by atoms with Crippen molar-refractivity contribution in [3.05, 3.63) is 120 Å². The fraction of sp³-hybridized carbons (Fsp3) is 0. The van der Waals surface area contributed by atoms with E-state index in [1.54, 1.807) is 18.2 Å². The Labute approximate surface area is 165 Å². The van der Waals surface area contributed by atoms with Gasteiger partial charge in [-0.3, -0.25) is 4.79 Å². The fourth-order valence-electron chi connectivity index (χ4n) is 3.40. The molecule has 0 atom stereocenters. The summed E-state index contributed by atoms with van der Waals surface area (Å²) in [6.07, 6.45) is 10.8. The zero-order valence-electron chi connectivity index (χ0n) is 15.5. The highest BCUT2D eigenvalue weighted by atomic mass is 16.1. The molecule has 0 fully saturated rings. The summed E-state index contributed by atoms with van der Waals surface area (Å²) in [4.78, 5) is 12.3. The predicted octanol–water partition coefficient (Wildman–Crippen LogP) is 6.80. The Morgan fingerprint density at radius 1 is 0.571 bits per heavy atom. The number of carbonyl (C=O) groups is 1. The molecule has 0 unspecified atom stereocenters. The van der Waals surface area contributed by atoms with Crippen molar-refractivity contribution in [2.24, 2.45) is 0 Å². The van der Waals surface area contributed by atoms with Gasteiger partial charge in [-0.25, -0.2) is 0 Å². The normalized spacial score (nSPS) is 12.0. The molecule has 0 amide bonds. The van der Waals surface area contributed by atoms with Crippen LogP contribution < -0.4 is 0 Å². The molecule has 0 radical (unpaired) electrons. The van der Waals surface area contributed by atoms with Gasteiger partial charge in [0.2, 0.25) is 0 Å². The quantitative estimate of drug-likeness (QED) is 0.283. The fourth-order valence-corrected chi connectivity index (χ4v) is 3.40. The van der Waals surface area contributed by atoms with E-state index in [9.17, 15) is 4.79 Å². The highest BCUT2D eigenvalue weighted by Gasteiger charge is 2.13. The molecule has 2 aliphatic carbocycles. The van der Waals surface area contributed by atoms with Crippen LogP contribution in [0.1, 0.15) is 11.1 Å². The lowest BCUT2D eigenvalue weighted by Gasteiger charge is -1.95. The van der Waals surface area contributed by atoms with E-state index in [-0.39, 0.29) is 5.78 Å². The minimum absolute atomic E-state index is 0.0311. The van der Waals surface area contributed by atoms with E-state index >= 15 is 0 Å². The van der Waals surface area contributed by atoms with E-state index in [2.05, 4.69) is 36.4 Å². The average Bonchev–Trinajstić information content (AvgIpc) is 2.87. The highest BCUT2D eigenvalue weighted by molar-refractivity contribution is 6.11. The Morgan fingerprint density at radius 3 is 2.00 bits per heavy atom. The molecular formula is C27H20O. The second kappa shape index (κ2) is 8.32. The lowest BCUT2D eigenvalue weighted by Crippen LogP contribution is -1.84. The summed E-state index contributed by atoms with van der Waals surface area (Å²) in [5.41, 5.74) is 4.55. The minimum atomic E-state index is -0.0311. The SMILES string of the molecule is O=C(/C=C/C=C/c1ccccc1)/C=C/c1c2cccccc-2c2ccccc12. The average molecular weight is 360 g/mol. The summed E-state index contributed by atoms with van der Waals surface area (Å²) in [6.45, 7) is 0. The van der Waals surface area contributed by atoms with Gasteiger partial charge in [0.05, 0.1) is 0 Å². The molecule has 2 aliphatic rings. The molecule has 1 heteroatoms. The maximum Gasteiger partial charge on any atom is 0.178 e. The summed E-state index contributed by atoms with van der Waals surface area (Å²) in [5, 5.41) is 2.38. The van der Waals surface area contributed by atoms with E-state index in [0.717, 1.165) is 16.7 Å². The maximum absolute atomic E-state index is 12.3. The third kappa shape index (κ3) is 3.84. The minimum Gasteiger partial charge on any atom is -0.290 e. The predicted molar refractivity (Wildman–Crippen MR) is 119 cm³/mol. The van der Waals surface area contributed by atoms with Crippen molar-refractivity contribution < 1.29 is 4.79 Å². The van der Waals surface area contributed by atoms with Gasteiger partial charge in [-0.05, 0) is 51.3 Å². The van der Waals surface area contributed by atoms with Crippen LogP contribution >= 0.6 is 0 Å². The van der Waals surface area contributed by atoms with Crippen LogP contribution in [0.5, 0.6) is 0 Å². The highest BCUT2D eigenvalue weighted by Crippen LogP contribution is 2.38. The second-order valence-corrected chi connectivity index (χ2v) is 6.56. The largest absolute Gasteiger partial charge is 0.290 e. The van der Waals surface area contributed by atoms with Gasteiger partial charge in [-0.1, -0.05) is 103 Å². The summed E-state index contributed by atoms with van der Waals surface area (Å²) < 4.78 is 0. The Kier molecular flexibility index (Phi) is 5.26. The maximum atomic E-state index is 12.3. The van der Waals surface area contributed by atoms with Gasteiger partial charge in [0.25, 0.3) is 0 Å². The molecule has 0 bridgehead atoms. The van der Waals surface area contributed by atoms with E-state index < -0.39 is 0 Å². The van der Waals surface area contributed by atoms with Gasteiger partial charge in [0.1, 0.15) is 0 Å². The number of rotatable bonds is 5. The third-order valence-electron chi connectivity index (χ3n) is 4.71. The van der Waals surface area contributed by atoms with Crippen LogP contribution in [0.3, 0.4) is 0 Å². The number of benzene rings is 2. The number of hydrogen-bond acceptors (Lipinski definition) is 1. The number of allylic oxidation sites excluding steroid dienone is 4. The van der Waals surface area contributed by atoms with Crippen molar-refractivity contribution in [3.63, 3.8) is 0 Å². The molecule has 0 aliphatic heterocycles. The van der Waals surface area contributed by atoms with Gasteiger partial charge in [0, 0.05) is 0 Å². The van der Waals surface area contributed by atoms with Crippen LogP contribution in [0.15, 0.2) is 109 Å². The number of carbonyl (C=O) groups excluding carboxylic acids is 1. The molecule has 4 rings (SSSR count). The first-order valence-corrected chi connectivity index (χ1v) is 9.34. The van der Waals surface area contributed by atoms with E-state index in [1.165, 1.54) is 16.3 Å². The second-order valence-electron chi connectivity index (χ2n) is 6.56. The Morgan fingerprint density at radius 2 is 1.21 bits per heavy atom. The van der Waals surface area contributed by atoms with E-state index in [4.69, 9.17) is 0 Å². The third-order valence-corrected chi connectivity index (χ3v) is 4.71. The number of ketones is 1. The van der Waals surface area contributed by atoms with Crippen LogP contribution in [0, 0.1) is 0 Å². The zero-order valence-corrected chi connectivity index (χ0v) is 15.5. The molecule has 134 valence electrons. The van der Waals surface area contributed by atoms with Crippen LogP contribution in [0.4, 0.5) is 0 Å². The molecule has 2 aromatic carbocycles. The summed E-state index contributed by atoms with van der Waals surface area (Å²) in [5.74, 6) is -0.0311. The standard InChI is InChI=1S/C27H20O/c28-22(14-8-7-13-21-11-3-1-4-12-21)19-20-27-25-16-6-2-5-15-23(25)24-17-9-10-18-26(24)27/h1-20H/b13-7+,14-8+,20-19+. The summed E-state index contributed by atoms with van der Waals surface area (Å²) in [6, 6.07) is 28.7. The summed E-state index contributed by atoms with van der Waals surface area (Å²) >= 11 is 0. The molecule has 1 nitrogen and oxygen atoms in total. The van der Waals surface area contributed by atoms with Crippen molar-refractivity contribution in [2.75, 3.05) is 0 Å². The van der Waals surface area contributed by atoms with Crippen molar-refractivity contribution in [1.82, 2.24) is 0 Å². The van der Waals surface area contributed by atoms with Crippen LogP contribution in [0.2, 0.25) is 0 Å². The van der Waals surface area contributed by atoms with E-state index in [0.29, 0.717) is 0 Å². The molecule has 2 aromatic rings. The number of hydrogen-bond donors (Lipinski definition) is 0.